The van der Waals surface area contributed by atoms with Crippen molar-refractivity contribution < 1.29 is 23.8 Å². The summed E-state index contributed by atoms with van der Waals surface area (Å²) in [6.45, 7) is 2.29. The average molecular weight is 488 g/mol. The first kappa shape index (κ1) is 23.2. The molecule has 6 nitrogen and oxygen atoms in total. The number of nitrogens with two attached hydrogens (primary N) is 1. The van der Waals surface area contributed by atoms with Gasteiger partial charge >= 0.3 is 5.97 Å². The van der Waals surface area contributed by atoms with E-state index in [2.05, 4.69) is 0 Å². The quantitative estimate of drug-likeness (QED) is 0.572. The third-order valence-corrected chi connectivity index (χ3v) is 6.31. The van der Waals surface area contributed by atoms with Crippen LogP contribution in [0.2, 0.25) is 10.0 Å². The van der Waals surface area contributed by atoms with E-state index in [1.165, 1.54) is 7.11 Å². The molecule has 0 radical (unpaired) electrons. The van der Waals surface area contributed by atoms with Crippen LogP contribution in [-0.4, -0.2) is 18.9 Å². The maximum atomic E-state index is 12.9. The molecular weight excluding hydrogens is 465 g/mol. The average Bonchev–Trinajstić information content (AvgIpc) is 2.78. The molecule has 0 spiro atoms. The number of ether oxygens (including phenoxy) is 3. The lowest BCUT2D eigenvalue weighted by molar-refractivity contribution is -0.136. The molecule has 0 fully saturated rings. The number of Topliss-reactive ketones (excluding diaryl/α,β-unsaturated/α-hetero) is 1. The highest BCUT2D eigenvalue weighted by Crippen LogP contribution is 2.46. The molecule has 1 aliphatic carbocycles. The van der Waals surface area contributed by atoms with Gasteiger partial charge < -0.3 is 19.9 Å². The van der Waals surface area contributed by atoms with Crippen LogP contribution in [0.3, 0.4) is 0 Å². The molecule has 0 unspecified atom stereocenters. The van der Waals surface area contributed by atoms with Crippen molar-refractivity contribution in [2.75, 3.05) is 7.11 Å². The molecule has 0 saturated carbocycles. The van der Waals surface area contributed by atoms with E-state index in [-0.39, 0.29) is 33.9 Å². The van der Waals surface area contributed by atoms with Gasteiger partial charge in [0.05, 0.1) is 23.1 Å². The van der Waals surface area contributed by atoms with E-state index in [1.54, 1.807) is 12.1 Å². The molecule has 8 heteroatoms. The van der Waals surface area contributed by atoms with Gasteiger partial charge in [0.1, 0.15) is 17.9 Å². The second-order valence-electron chi connectivity index (χ2n) is 8.01. The number of aryl methyl sites for hydroxylation is 1. The van der Waals surface area contributed by atoms with Gasteiger partial charge in [-0.15, -0.1) is 0 Å². The Labute approximate surface area is 201 Å². The Bertz CT molecular complexity index is 1160. The summed E-state index contributed by atoms with van der Waals surface area (Å²) in [5, 5.41) is 0.508. The van der Waals surface area contributed by atoms with Crippen molar-refractivity contribution in [3.8, 4) is 5.75 Å². The molecule has 2 N–H and O–H groups in total. The van der Waals surface area contributed by atoms with Gasteiger partial charge in [0.15, 0.2) is 11.5 Å². The zero-order valence-corrected chi connectivity index (χ0v) is 19.8. The number of halogens is 2. The highest BCUT2D eigenvalue weighted by atomic mass is 35.5. The summed E-state index contributed by atoms with van der Waals surface area (Å²) in [6, 6.07) is 11.2. The van der Waals surface area contributed by atoms with Crippen LogP contribution in [-0.2, 0) is 25.7 Å². The number of hydrogen-bond donors (Lipinski definition) is 1. The Hall–Kier alpha value is -2.96. The minimum Gasteiger partial charge on any atom is -0.486 e. The van der Waals surface area contributed by atoms with Crippen LogP contribution in [0.15, 0.2) is 59.2 Å². The van der Waals surface area contributed by atoms with Crippen molar-refractivity contribution in [2.24, 2.45) is 5.73 Å². The molecule has 0 bridgehead atoms. The Morgan fingerprint density at radius 3 is 2.45 bits per heavy atom. The second-order valence-corrected chi connectivity index (χ2v) is 8.82. The third kappa shape index (κ3) is 4.59. The fourth-order valence-electron chi connectivity index (χ4n) is 4.12. The number of methoxy groups -OCH3 is 1. The summed E-state index contributed by atoms with van der Waals surface area (Å²) in [5.74, 6) is -0.900. The molecule has 2 aromatic carbocycles. The smallest absolute Gasteiger partial charge is 0.340 e. The summed E-state index contributed by atoms with van der Waals surface area (Å²) in [7, 11) is 1.24. The summed E-state index contributed by atoms with van der Waals surface area (Å²) in [5.41, 5.74) is 9.16. The van der Waals surface area contributed by atoms with E-state index in [1.807, 2.05) is 31.2 Å². The van der Waals surface area contributed by atoms with E-state index < -0.39 is 11.9 Å². The van der Waals surface area contributed by atoms with Crippen molar-refractivity contribution in [1.29, 1.82) is 0 Å². The molecule has 1 atom stereocenters. The molecule has 1 aliphatic heterocycles. The minimum absolute atomic E-state index is 0.0481. The third-order valence-electron chi connectivity index (χ3n) is 5.75. The molecule has 33 heavy (non-hydrogen) atoms. The number of carbonyl (C=O) groups is 2. The molecular formula is C25H23Cl2NO5. The highest BCUT2D eigenvalue weighted by molar-refractivity contribution is 6.37. The Kier molecular flexibility index (Phi) is 6.68. The summed E-state index contributed by atoms with van der Waals surface area (Å²) in [6.07, 6.45) is 1.55. The van der Waals surface area contributed by atoms with Crippen LogP contribution in [0.25, 0.3) is 0 Å². The summed E-state index contributed by atoms with van der Waals surface area (Å²) < 4.78 is 16.5. The molecule has 2 aromatic rings. The first-order valence-electron chi connectivity index (χ1n) is 10.5. The van der Waals surface area contributed by atoms with Crippen LogP contribution in [0, 0.1) is 6.92 Å². The van der Waals surface area contributed by atoms with Crippen LogP contribution < -0.4 is 10.5 Å². The number of benzene rings is 2. The molecule has 0 saturated heterocycles. The molecule has 0 aromatic heterocycles. The van der Waals surface area contributed by atoms with Crippen molar-refractivity contribution in [2.45, 2.75) is 38.7 Å². The number of hydrogen-bond acceptors (Lipinski definition) is 6. The summed E-state index contributed by atoms with van der Waals surface area (Å²) in [4.78, 5) is 25.4. The maximum absolute atomic E-state index is 12.9. The number of rotatable bonds is 5. The van der Waals surface area contributed by atoms with E-state index in [0.29, 0.717) is 41.9 Å². The van der Waals surface area contributed by atoms with Gasteiger partial charge in [-0.25, -0.2) is 4.79 Å². The van der Waals surface area contributed by atoms with Gasteiger partial charge in [0.25, 0.3) is 0 Å². The number of carbonyl (C=O) groups excluding carboxylic acids is 2. The van der Waals surface area contributed by atoms with E-state index >= 15 is 0 Å². The normalized spacial score (nSPS) is 18.1. The minimum atomic E-state index is -0.796. The van der Waals surface area contributed by atoms with Gasteiger partial charge in [-0.3, -0.25) is 4.79 Å². The van der Waals surface area contributed by atoms with E-state index in [9.17, 15) is 9.59 Å². The van der Waals surface area contributed by atoms with Crippen molar-refractivity contribution in [1.82, 2.24) is 0 Å². The SMILES string of the molecule is COC(=O)C1=C(N)OC2=C(C(=O)CCC2)[C@H]1c1cc(Cl)c(OCc2ccc(C)cc2)c(Cl)c1. The lowest BCUT2D eigenvalue weighted by Crippen LogP contribution is -2.31. The van der Waals surface area contributed by atoms with E-state index in [0.717, 1.165) is 11.1 Å². The number of esters is 1. The van der Waals surface area contributed by atoms with Gasteiger partial charge in [-0.05, 0) is 36.6 Å². The predicted octanol–water partition coefficient (Wildman–Crippen LogP) is 5.35. The highest BCUT2D eigenvalue weighted by Gasteiger charge is 2.41. The van der Waals surface area contributed by atoms with Gasteiger partial charge in [0.2, 0.25) is 5.88 Å². The Balaban J connectivity index is 1.73. The topological polar surface area (TPSA) is 87.9 Å². The van der Waals surface area contributed by atoms with Crippen LogP contribution in [0.1, 0.15) is 41.9 Å². The van der Waals surface area contributed by atoms with Gasteiger partial charge in [-0.2, -0.15) is 0 Å². The lowest BCUT2D eigenvalue weighted by atomic mass is 9.77. The fraction of sp³-hybridized carbons (Fsp3) is 0.280. The van der Waals surface area contributed by atoms with Crippen LogP contribution in [0.5, 0.6) is 5.75 Å². The van der Waals surface area contributed by atoms with Crippen molar-refractivity contribution >= 4 is 35.0 Å². The van der Waals surface area contributed by atoms with Gasteiger partial charge in [-0.1, -0.05) is 53.0 Å². The van der Waals surface area contributed by atoms with Crippen LogP contribution >= 0.6 is 23.2 Å². The predicted molar refractivity (Wildman–Crippen MR) is 125 cm³/mol. The molecule has 1 heterocycles. The van der Waals surface area contributed by atoms with Gasteiger partial charge in [0, 0.05) is 18.4 Å². The Morgan fingerprint density at radius 2 is 1.82 bits per heavy atom. The van der Waals surface area contributed by atoms with E-state index in [4.69, 9.17) is 43.1 Å². The fourth-order valence-corrected chi connectivity index (χ4v) is 4.74. The largest absolute Gasteiger partial charge is 0.486 e. The molecule has 4 rings (SSSR count). The lowest BCUT2D eigenvalue weighted by Gasteiger charge is -2.32. The monoisotopic (exact) mass is 487 g/mol. The zero-order valence-electron chi connectivity index (χ0n) is 18.2. The van der Waals surface area contributed by atoms with Crippen molar-refractivity contribution in [3.05, 3.63) is 85.9 Å². The maximum Gasteiger partial charge on any atom is 0.340 e. The standard InChI is InChI=1S/C25H23Cl2NO5/c1-13-6-8-14(9-7-13)12-32-23-16(26)10-15(11-17(23)27)20-21-18(29)4-3-5-19(21)33-24(28)22(20)25(30)31-2/h6-11,20H,3-5,12,28H2,1-2H3/t20-/m1/s1. The zero-order chi connectivity index (χ0) is 23.7. The molecule has 2 aliphatic rings. The number of ketones is 1. The first-order chi connectivity index (χ1) is 15.8. The van der Waals surface area contributed by atoms with Crippen LogP contribution in [0.4, 0.5) is 0 Å². The van der Waals surface area contributed by atoms with Crippen molar-refractivity contribution in [3.63, 3.8) is 0 Å². The Morgan fingerprint density at radius 1 is 1.15 bits per heavy atom. The first-order valence-corrected chi connectivity index (χ1v) is 11.2. The second kappa shape index (κ2) is 9.49. The molecule has 0 amide bonds. The number of allylic oxidation sites excluding steroid dienone is 2. The summed E-state index contributed by atoms with van der Waals surface area (Å²) >= 11 is 13.1. The molecule has 172 valence electrons.